The van der Waals surface area contributed by atoms with Crippen molar-refractivity contribution in [2.45, 2.75) is 5.16 Å². The molecule has 0 unspecified atom stereocenters. The van der Waals surface area contributed by atoms with Gasteiger partial charge in [0.2, 0.25) is 5.16 Å². The molecule has 3 rings (SSSR count). The number of hydrogen-bond donors (Lipinski definition) is 1. The zero-order valence-corrected chi connectivity index (χ0v) is 13.7. The van der Waals surface area contributed by atoms with Crippen molar-refractivity contribution in [2.75, 3.05) is 12.4 Å². The number of halogens is 1. The molecule has 2 aromatic carbocycles. The summed E-state index contributed by atoms with van der Waals surface area (Å²) in [5.41, 5.74) is 0.901. The lowest BCUT2D eigenvalue weighted by Gasteiger charge is -2.03. The summed E-state index contributed by atoms with van der Waals surface area (Å²) >= 11 is 1.52. The van der Waals surface area contributed by atoms with Gasteiger partial charge < -0.3 is 4.74 Å². The first-order valence-electron chi connectivity index (χ1n) is 7.46. The van der Waals surface area contributed by atoms with E-state index in [2.05, 4.69) is 15.2 Å². The molecule has 24 heavy (non-hydrogen) atoms. The lowest BCUT2D eigenvalue weighted by atomic mass is 10.2. The maximum Gasteiger partial charge on any atom is 0.208 e. The van der Waals surface area contributed by atoms with E-state index in [1.807, 2.05) is 42.5 Å². The average Bonchev–Trinajstić information content (AvgIpc) is 3.07. The molecule has 1 heterocycles. The molecule has 6 heteroatoms. The molecule has 0 spiro atoms. The van der Waals surface area contributed by atoms with Gasteiger partial charge in [0.05, 0.1) is 6.61 Å². The highest BCUT2D eigenvalue weighted by Gasteiger charge is 2.02. The first kappa shape index (κ1) is 16.3. The van der Waals surface area contributed by atoms with E-state index >= 15 is 0 Å². The third kappa shape index (κ3) is 4.96. The molecule has 0 atom stereocenters. The van der Waals surface area contributed by atoms with Gasteiger partial charge in [0.25, 0.3) is 0 Å². The van der Waals surface area contributed by atoms with Crippen molar-refractivity contribution in [1.82, 2.24) is 15.2 Å². The molecule has 0 bridgehead atoms. The fraction of sp³-hybridized carbons (Fsp3) is 0.111. The molecule has 4 nitrogen and oxygen atoms in total. The van der Waals surface area contributed by atoms with Crippen molar-refractivity contribution in [3.05, 3.63) is 71.8 Å². The van der Waals surface area contributed by atoms with E-state index in [1.165, 1.54) is 23.9 Å². The number of nitrogens with one attached hydrogen (secondary N) is 1. The number of para-hydroxylation sites is 1. The van der Waals surface area contributed by atoms with Crippen molar-refractivity contribution in [3.63, 3.8) is 0 Å². The van der Waals surface area contributed by atoms with Crippen LogP contribution >= 0.6 is 11.8 Å². The van der Waals surface area contributed by atoms with E-state index in [9.17, 15) is 4.39 Å². The van der Waals surface area contributed by atoms with Crippen LogP contribution in [0.5, 0.6) is 5.75 Å². The topological polar surface area (TPSA) is 50.8 Å². The van der Waals surface area contributed by atoms with Crippen LogP contribution < -0.4 is 4.74 Å². The van der Waals surface area contributed by atoms with Crippen molar-refractivity contribution in [3.8, 4) is 5.75 Å². The molecule has 122 valence electrons. The number of nitrogens with zero attached hydrogens (tertiary/aromatic N) is 2. The molecule has 0 fully saturated rings. The van der Waals surface area contributed by atoms with Gasteiger partial charge in [-0.15, -0.1) is 5.10 Å². The summed E-state index contributed by atoms with van der Waals surface area (Å²) < 4.78 is 18.5. The van der Waals surface area contributed by atoms with Gasteiger partial charge in [0.15, 0.2) is 0 Å². The van der Waals surface area contributed by atoms with Crippen molar-refractivity contribution < 1.29 is 9.13 Å². The number of H-pyrrole nitrogens is 1. The fourth-order valence-electron chi connectivity index (χ4n) is 1.96. The van der Waals surface area contributed by atoms with Crippen LogP contribution in [0, 0.1) is 5.82 Å². The van der Waals surface area contributed by atoms with Crippen LogP contribution in [-0.4, -0.2) is 27.5 Å². The van der Waals surface area contributed by atoms with Gasteiger partial charge in [-0.25, -0.2) is 9.37 Å². The summed E-state index contributed by atoms with van der Waals surface area (Å²) in [6, 6.07) is 16.0. The van der Waals surface area contributed by atoms with Crippen LogP contribution in [0.3, 0.4) is 0 Å². The van der Waals surface area contributed by atoms with Crippen LogP contribution in [0.15, 0.2) is 59.8 Å². The second-order valence-corrected chi connectivity index (χ2v) is 5.96. The van der Waals surface area contributed by atoms with Crippen LogP contribution in [0.1, 0.15) is 11.4 Å². The molecule has 1 N–H and O–H groups in total. The number of aromatic nitrogens is 3. The molecule has 0 saturated carbocycles. The minimum atomic E-state index is -0.247. The Bertz CT molecular complexity index is 788. The van der Waals surface area contributed by atoms with Gasteiger partial charge in [0, 0.05) is 5.75 Å². The molecule has 0 amide bonds. The molecule has 0 radical (unpaired) electrons. The van der Waals surface area contributed by atoms with Crippen molar-refractivity contribution >= 4 is 23.9 Å². The largest absolute Gasteiger partial charge is 0.493 e. The number of benzene rings is 2. The average molecular weight is 341 g/mol. The Morgan fingerprint density at radius 2 is 1.83 bits per heavy atom. The maximum absolute atomic E-state index is 12.8. The van der Waals surface area contributed by atoms with Gasteiger partial charge in [-0.2, -0.15) is 0 Å². The highest BCUT2D eigenvalue weighted by atomic mass is 32.2. The standard InChI is InChI=1S/C18H16FN3OS/c19-15-9-6-14(7-10-15)8-11-17-20-18(22-21-17)24-13-12-23-16-4-2-1-3-5-16/h1-11H,12-13H2,(H,20,21,22)/b11-8+. The Balaban J connectivity index is 1.46. The molecule has 0 aliphatic rings. The maximum atomic E-state index is 12.8. The Kier molecular flexibility index (Phi) is 5.63. The number of rotatable bonds is 7. The highest BCUT2D eigenvalue weighted by Crippen LogP contribution is 2.15. The van der Waals surface area contributed by atoms with Crippen molar-refractivity contribution in [2.24, 2.45) is 0 Å². The summed E-state index contributed by atoms with van der Waals surface area (Å²) in [4.78, 5) is 4.37. The SMILES string of the molecule is Fc1ccc(/C=C/c2nc(SCCOc3ccccc3)n[nH]2)cc1. The van der Waals surface area contributed by atoms with E-state index in [0.29, 0.717) is 17.6 Å². The van der Waals surface area contributed by atoms with Gasteiger partial charge in [0.1, 0.15) is 17.4 Å². The van der Waals surface area contributed by atoms with Crippen LogP contribution in [-0.2, 0) is 0 Å². The third-order valence-electron chi connectivity index (χ3n) is 3.11. The highest BCUT2D eigenvalue weighted by molar-refractivity contribution is 7.99. The third-order valence-corrected chi connectivity index (χ3v) is 3.92. The summed E-state index contributed by atoms with van der Waals surface area (Å²) in [6.45, 7) is 0.587. The lowest BCUT2D eigenvalue weighted by Crippen LogP contribution is -1.99. The quantitative estimate of drug-likeness (QED) is 0.515. The Morgan fingerprint density at radius 1 is 1.04 bits per heavy atom. The lowest BCUT2D eigenvalue weighted by molar-refractivity contribution is 0.344. The fourth-order valence-corrected chi connectivity index (χ4v) is 2.58. The smallest absolute Gasteiger partial charge is 0.208 e. The number of thioether (sulfide) groups is 1. The van der Waals surface area contributed by atoms with E-state index in [4.69, 9.17) is 4.74 Å². The summed E-state index contributed by atoms with van der Waals surface area (Å²) in [7, 11) is 0. The van der Waals surface area contributed by atoms with Gasteiger partial charge in [-0.3, -0.25) is 5.10 Å². The van der Waals surface area contributed by atoms with Crippen LogP contribution in [0.4, 0.5) is 4.39 Å². The number of aromatic amines is 1. The Hall–Kier alpha value is -2.60. The van der Waals surface area contributed by atoms with Gasteiger partial charge >= 0.3 is 0 Å². The summed E-state index contributed by atoms with van der Waals surface area (Å²) in [5, 5.41) is 7.68. The van der Waals surface area contributed by atoms with Gasteiger partial charge in [-0.05, 0) is 35.9 Å². The molecule has 0 aliphatic carbocycles. The molecular weight excluding hydrogens is 325 g/mol. The molecule has 1 aromatic heterocycles. The molecule has 0 aliphatic heterocycles. The van der Waals surface area contributed by atoms with Gasteiger partial charge in [-0.1, -0.05) is 48.2 Å². The molecule has 0 saturated heterocycles. The number of hydrogen-bond acceptors (Lipinski definition) is 4. The zero-order valence-electron chi connectivity index (χ0n) is 12.9. The minimum Gasteiger partial charge on any atom is -0.493 e. The number of ether oxygens (including phenoxy) is 1. The predicted molar refractivity (Wildman–Crippen MR) is 94.4 cm³/mol. The first-order valence-corrected chi connectivity index (χ1v) is 8.45. The second-order valence-electron chi connectivity index (χ2n) is 4.90. The first-order chi connectivity index (χ1) is 11.8. The summed E-state index contributed by atoms with van der Waals surface area (Å²) in [5.74, 6) is 2.03. The monoisotopic (exact) mass is 341 g/mol. The van der Waals surface area contributed by atoms with Crippen LogP contribution in [0.2, 0.25) is 0 Å². The Labute approximate surface area is 143 Å². The molecule has 3 aromatic rings. The molecular formula is C18H16FN3OS. The zero-order chi connectivity index (χ0) is 16.6. The van der Waals surface area contributed by atoms with E-state index in [1.54, 1.807) is 12.1 Å². The van der Waals surface area contributed by atoms with E-state index < -0.39 is 0 Å². The predicted octanol–water partition coefficient (Wildman–Crippen LogP) is 4.29. The normalized spacial score (nSPS) is 11.0. The summed E-state index contributed by atoms with van der Waals surface area (Å²) in [6.07, 6.45) is 3.66. The van der Waals surface area contributed by atoms with E-state index in [0.717, 1.165) is 17.1 Å². The van der Waals surface area contributed by atoms with E-state index in [-0.39, 0.29) is 5.82 Å². The van der Waals surface area contributed by atoms with Crippen molar-refractivity contribution in [1.29, 1.82) is 0 Å². The second kappa shape index (κ2) is 8.31. The Morgan fingerprint density at radius 3 is 2.62 bits per heavy atom. The van der Waals surface area contributed by atoms with Crippen LogP contribution in [0.25, 0.3) is 12.2 Å². The minimum absolute atomic E-state index is 0.247.